The van der Waals surface area contributed by atoms with Gasteiger partial charge in [-0.1, -0.05) is 13.8 Å². The monoisotopic (exact) mass is 250 g/mol. The van der Waals surface area contributed by atoms with E-state index < -0.39 is 0 Å². The number of hydrogen-bond acceptors (Lipinski definition) is 2. The highest BCUT2D eigenvalue weighted by Gasteiger charge is 2.49. The molecule has 0 aromatic carbocycles. The number of nitrogens with one attached hydrogen (secondary N) is 1. The maximum absolute atomic E-state index is 3.87. The predicted octanol–water partition coefficient (Wildman–Crippen LogP) is 2.89. The number of rotatable bonds is 5. The molecule has 1 heterocycles. The Kier molecular flexibility index (Phi) is 3.44. The summed E-state index contributed by atoms with van der Waals surface area (Å²) >= 11 is 0. The standard InChI is InChI=1S/C16H30N2/c1-12(2)8-9-18-10-15(13-4-5-13)17-11-16(18,3)14-6-7-14/h12-15,17H,4-11H2,1-3H3. The fourth-order valence-corrected chi connectivity index (χ4v) is 3.64. The molecule has 0 amide bonds. The van der Waals surface area contributed by atoms with Crippen LogP contribution in [0.5, 0.6) is 0 Å². The van der Waals surface area contributed by atoms with Gasteiger partial charge in [-0.25, -0.2) is 0 Å². The van der Waals surface area contributed by atoms with E-state index in [2.05, 4.69) is 31.0 Å². The largest absolute Gasteiger partial charge is 0.311 e. The van der Waals surface area contributed by atoms with E-state index in [9.17, 15) is 0 Å². The molecule has 0 aromatic rings. The number of piperazine rings is 1. The van der Waals surface area contributed by atoms with Gasteiger partial charge >= 0.3 is 0 Å². The van der Waals surface area contributed by atoms with Crippen molar-refractivity contribution in [2.24, 2.45) is 17.8 Å². The van der Waals surface area contributed by atoms with E-state index in [1.54, 1.807) is 0 Å². The van der Waals surface area contributed by atoms with Crippen LogP contribution in [-0.4, -0.2) is 36.1 Å². The molecule has 104 valence electrons. The Balaban J connectivity index is 1.64. The molecule has 2 nitrogen and oxygen atoms in total. The highest BCUT2D eigenvalue weighted by Crippen LogP contribution is 2.45. The molecule has 0 radical (unpaired) electrons. The van der Waals surface area contributed by atoms with Crippen LogP contribution in [0.2, 0.25) is 0 Å². The Morgan fingerprint density at radius 2 is 1.94 bits per heavy atom. The lowest BCUT2D eigenvalue weighted by Gasteiger charge is -2.49. The SMILES string of the molecule is CC(C)CCN1CC(C2CC2)NCC1(C)C1CC1. The summed E-state index contributed by atoms with van der Waals surface area (Å²) in [6.07, 6.45) is 7.22. The van der Waals surface area contributed by atoms with Crippen LogP contribution in [0.25, 0.3) is 0 Å². The van der Waals surface area contributed by atoms with Crippen LogP contribution in [0.1, 0.15) is 52.9 Å². The molecule has 1 N–H and O–H groups in total. The molecule has 0 spiro atoms. The number of hydrogen-bond donors (Lipinski definition) is 1. The highest BCUT2D eigenvalue weighted by molar-refractivity contribution is 5.06. The van der Waals surface area contributed by atoms with E-state index in [1.165, 1.54) is 51.7 Å². The summed E-state index contributed by atoms with van der Waals surface area (Å²) in [5, 5.41) is 3.87. The van der Waals surface area contributed by atoms with Crippen molar-refractivity contribution in [2.75, 3.05) is 19.6 Å². The zero-order valence-electron chi connectivity index (χ0n) is 12.4. The van der Waals surface area contributed by atoms with Gasteiger partial charge in [0.1, 0.15) is 0 Å². The van der Waals surface area contributed by atoms with Crippen LogP contribution in [0.3, 0.4) is 0 Å². The molecule has 0 bridgehead atoms. The van der Waals surface area contributed by atoms with Gasteiger partial charge in [0.2, 0.25) is 0 Å². The van der Waals surface area contributed by atoms with Crippen LogP contribution in [0.15, 0.2) is 0 Å². The molecule has 0 aromatic heterocycles. The quantitative estimate of drug-likeness (QED) is 0.807. The van der Waals surface area contributed by atoms with E-state index in [1.807, 2.05) is 0 Å². The molecule has 3 rings (SSSR count). The summed E-state index contributed by atoms with van der Waals surface area (Å²) in [5.41, 5.74) is 0.459. The topological polar surface area (TPSA) is 15.3 Å². The smallest absolute Gasteiger partial charge is 0.0334 e. The van der Waals surface area contributed by atoms with E-state index >= 15 is 0 Å². The van der Waals surface area contributed by atoms with Crippen molar-refractivity contribution in [3.63, 3.8) is 0 Å². The van der Waals surface area contributed by atoms with Crippen molar-refractivity contribution in [2.45, 2.75) is 64.5 Å². The Morgan fingerprint density at radius 3 is 2.50 bits per heavy atom. The molecule has 1 aliphatic heterocycles. The average Bonchev–Trinajstić information content (AvgIpc) is 3.18. The predicted molar refractivity (Wildman–Crippen MR) is 76.7 cm³/mol. The van der Waals surface area contributed by atoms with Gasteiger partial charge in [0.25, 0.3) is 0 Å². The van der Waals surface area contributed by atoms with Crippen LogP contribution in [0.4, 0.5) is 0 Å². The lowest BCUT2D eigenvalue weighted by molar-refractivity contribution is 0.0270. The van der Waals surface area contributed by atoms with Gasteiger partial charge in [-0.3, -0.25) is 4.90 Å². The first-order valence-electron chi connectivity index (χ1n) is 8.08. The van der Waals surface area contributed by atoms with Gasteiger partial charge in [-0.05, 0) is 63.3 Å². The lowest BCUT2D eigenvalue weighted by atomic mass is 9.88. The van der Waals surface area contributed by atoms with Crippen molar-refractivity contribution >= 4 is 0 Å². The van der Waals surface area contributed by atoms with E-state index in [-0.39, 0.29) is 0 Å². The average molecular weight is 250 g/mol. The molecule has 2 atom stereocenters. The third kappa shape index (κ3) is 2.60. The van der Waals surface area contributed by atoms with E-state index in [0.717, 1.165) is 23.8 Å². The molecule has 3 fully saturated rings. The molecule has 2 heteroatoms. The summed E-state index contributed by atoms with van der Waals surface area (Å²) in [6.45, 7) is 11.1. The fourth-order valence-electron chi connectivity index (χ4n) is 3.64. The summed E-state index contributed by atoms with van der Waals surface area (Å²) in [5.74, 6) is 2.80. The number of nitrogens with zero attached hydrogens (tertiary/aromatic N) is 1. The van der Waals surface area contributed by atoms with Gasteiger partial charge < -0.3 is 5.32 Å². The summed E-state index contributed by atoms with van der Waals surface area (Å²) < 4.78 is 0. The third-order valence-corrected chi connectivity index (χ3v) is 5.49. The Morgan fingerprint density at radius 1 is 1.22 bits per heavy atom. The highest BCUT2D eigenvalue weighted by atomic mass is 15.3. The van der Waals surface area contributed by atoms with Crippen LogP contribution in [-0.2, 0) is 0 Å². The zero-order valence-corrected chi connectivity index (χ0v) is 12.4. The first-order valence-corrected chi connectivity index (χ1v) is 8.08. The Hall–Kier alpha value is -0.0800. The second-order valence-electron chi connectivity index (χ2n) is 7.58. The first kappa shape index (κ1) is 12.9. The normalized spacial score (nSPS) is 38.3. The van der Waals surface area contributed by atoms with Gasteiger partial charge in [0.15, 0.2) is 0 Å². The fraction of sp³-hybridized carbons (Fsp3) is 1.00. The van der Waals surface area contributed by atoms with Crippen molar-refractivity contribution in [1.29, 1.82) is 0 Å². The summed E-state index contributed by atoms with van der Waals surface area (Å²) in [4.78, 5) is 2.85. The minimum Gasteiger partial charge on any atom is -0.311 e. The van der Waals surface area contributed by atoms with Gasteiger partial charge in [-0.2, -0.15) is 0 Å². The maximum atomic E-state index is 3.87. The van der Waals surface area contributed by atoms with Crippen LogP contribution in [0, 0.1) is 17.8 Å². The molecule has 2 saturated carbocycles. The molecule has 2 aliphatic carbocycles. The lowest BCUT2D eigenvalue weighted by Crippen LogP contribution is -2.65. The minimum atomic E-state index is 0.459. The van der Waals surface area contributed by atoms with Crippen molar-refractivity contribution in [3.05, 3.63) is 0 Å². The van der Waals surface area contributed by atoms with Crippen molar-refractivity contribution in [3.8, 4) is 0 Å². The van der Waals surface area contributed by atoms with Crippen molar-refractivity contribution < 1.29 is 0 Å². The maximum Gasteiger partial charge on any atom is 0.0334 e. The van der Waals surface area contributed by atoms with E-state index in [4.69, 9.17) is 0 Å². The molecular formula is C16H30N2. The Bertz CT molecular complexity index is 293. The van der Waals surface area contributed by atoms with Crippen LogP contribution < -0.4 is 5.32 Å². The summed E-state index contributed by atoms with van der Waals surface area (Å²) in [7, 11) is 0. The zero-order chi connectivity index (χ0) is 12.8. The van der Waals surface area contributed by atoms with Gasteiger partial charge in [-0.15, -0.1) is 0 Å². The van der Waals surface area contributed by atoms with Gasteiger partial charge in [0, 0.05) is 24.7 Å². The van der Waals surface area contributed by atoms with Crippen molar-refractivity contribution in [1.82, 2.24) is 10.2 Å². The Labute approximate surface area is 113 Å². The van der Waals surface area contributed by atoms with Crippen LogP contribution >= 0.6 is 0 Å². The molecule has 2 unspecified atom stereocenters. The molecular weight excluding hydrogens is 220 g/mol. The van der Waals surface area contributed by atoms with Gasteiger partial charge in [0.05, 0.1) is 0 Å². The first-order chi connectivity index (χ1) is 8.59. The second kappa shape index (κ2) is 4.79. The molecule has 1 saturated heterocycles. The third-order valence-electron chi connectivity index (χ3n) is 5.49. The minimum absolute atomic E-state index is 0.459. The second-order valence-corrected chi connectivity index (χ2v) is 7.58. The summed E-state index contributed by atoms with van der Waals surface area (Å²) in [6, 6.07) is 0.795. The molecule has 18 heavy (non-hydrogen) atoms. The van der Waals surface area contributed by atoms with E-state index in [0.29, 0.717) is 5.54 Å². The molecule has 3 aliphatic rings.